The number of benzene rings is 1. The number of aromatic nitrogens is 2. The molecule has 3 N–H and O–H groups in total. The first kappa shape index (κ1) is 13.3. The van der Waals surface area contributed by atoms with Crippen LogP contribution < -0.4 is 11.1 Å². The Kier molecular flexibility index (Phi) is 3.97. The minimum absolute atomic E-state index is 0.114. The quantitative estimate of drug-likeness (QED) is 0.878. The third kappa shape index (κ3) is 3.20. The molecule has 0 aliphatic heterocycles. The normalized spacial score (nSPS) is 12.4. The Balaban J connectivity index is 2.05. The van der Waals surface area contributed by atoms with Crippen molar-refractivity contribution >= 4 is 11.6 Å². The Bertz CT molecular complexity index is 531. The molecule has 5 heteroatoms. The molecule has 1 aromatic heterocycles. The summed E-state index contributed by atoms with van der Waals surface area (Å²) in [6, 6.07) is 8.82. The van der Waals surface area contributed by atoms with Crippen LogP contribution in [-0.4, -0.2) is 21.7 Å². The molecule has 0 saturated carbocycles. The van der Waals surface area contributed by atoms with E-state index in [0.717, 1.165) is 11.4 Å². The Labute approximate surface area is 112 Å². The lowest BCUT2D eigenvalue weighted by atomic mass is 10.0. The molecule has 0 saturated heterocycles. The van der Waals surface area contributed by atoms with Crippen LogP contribution in [0.5, 0.6) is 0 Å². The second kappa shape index (κ2) is 5.67. The van der Waals surface area contributed by atoms with E-state index in [1.165, 1.54) is 0 Å². The van der Waals surface area contributed by atoms with Gasteiger partial charge in [-0.25, -0.2) is 4.68 Å². The second-order valence-electron chi connectivity index (χ2n) is 4.76. The number of amides is 1. The summed E-state index contributed by atoms with van der Waals surface area (Å²) < 4.78 is 1.76. The van der Waals surface area contributed by atoms with E-state index < -0.39 is 6.04 Å². The summed E-state index contributed by atoms with van der Waals surface area (Å²) in [7, 11) is 0. The van der Waals surface area contributed by atoms with Crippen LogP contribution in [0.4, 0.5) is 5.69 Å². The highest BCUT2D eigenvalue weighted by Crippen LogP contribution is 2.13. The maximum atomic E-state index is 11.8. The summed E-state index contributed by atoms with van der Waals surface area (Å²) in [5.41, 5.74) is 7.46. The van der Waals surface area contributed by atoms with Gasteiger partial charge in [-0.15, -0.1) is 0 Å². The smallest absolute Gasteiger partial charge is 0.241 e. The summed E-state index contributed by atoms with van der Waals surface area (Å²) in [6.07, 6.45) is 3.58. The van der Waals surface area contributed by atoms with Gasteiger partial charge < -0.3 is 11.1 Å². The molecule has 100 valence electrons. The molecule has 1 amide bonds. The van der Waals surface area contributed by atoms with Crippen molar-refractivity contribution in [3.63, 3.8) is 0 Å². The molecular weight excluding hydrogens is 240 g/mol. The number of anilines is 1. The van der Waals surface area contributed by atoms with Gasteiger partial charge in [0.1, 0.15) is 0 Å². The lowest BCUT2D eigenvalue weighted by Crippen LogP contribution is -2.39. The average Bonchev–Trinajstić information content (AvgIpc) is 2.92. The number of nitrogens with one attached hydrogen (secondary N) is 1. The van der Waals surface area contributed by atoms with Gasteiger partial charge in [0, 0.05) is 18.1 Å². The van der Waals surface area contributed by atoms with Gasteiger partial charge in [-0.2, -0.15) is 5.10 Å². The lowest BCUT2D eigenvalue weighted by molar-refractivity contribution is -0.118. The molecule has 19 heavy (non-hydrogen) atoms. The first-order valence-corrected chi connectivity index (χ1v) is 6.24. The van der Waals surface area contributed by atoms with Crippen LogP contribution in [0.25, 0.3) is 5.69 Å². The Morgan fingerprint density at radius 3 is 2.53 bits per heavy atom. The van der Waals surface area contributed by atoms with E-state index in [-0.39, 0.29) is 11.8 Å². The molecule has 2 rings (SSSR count). The predicted octanol–water partition coefficient (Wildman–Crippen LogP) is 1.79. The highest BCUT2D eigenvalue weighted by atomic mass is 16.2. The van der Waals surface area contributed by atoms with Crippen LogP contribution in [0.2, 0.25) is 0 Å². The van der Waals surface area contributed by atoms with Gasteiger partial charge in [-0.1, -0.05) is 13.8 Å². The van der Waals surface area contributed by atoms with E-state index in [9.17, 15) is 4.79 Å². The van der Waals surface area contributed by atoms with Gasteiger partial charge in [-0.05, 0) is 36.2 Å². The van der Waals surface area contributed by atoms with Crippen molar-refractivity contribution in [3.8, 4) is 5.69 Å². The summed E-state index contributed by atoms with van der Waals surface area (Å²) in [4.78, 5) is 11.8. The zero-order valence-corrected chi connectivity index (χ0v) is 11.1. The number of nitrogens with zero attached hydrogens (tertiary/aromatic N) is 2. The number of carbonyl (C=O) groups is 1. The summed E-state index contributed by atoms with van der Waals surface area (Å²) in [5, 5.41) is 6.94. The molecule has 5 nitrogen and oxygen atoms in total. The zero-order valence-electron chi connectivity index (χ0n) is 11.1. The minimum atomic E-state index is -0.495. The van der Waals surface area contributed by atoms with E-state index in [0.29, 0.717) is 0 Å². The van der Waals surface area contributed by atoms with Crippen LogP contribution in [0.3, 0.4) is 0 Å². The van der Waals surface area contributed by atoms with Gasteiger partial charge >= 0.3 is 0 Å². The monoisotopic (exact) mass is 258 g/mol. The fourth-order valence-corrected chi connectivity index (χ4v) is 1.65. The molecule has 0 aliphatic rings. The molecule has 2 aromatic rings. The van der Waals surface area contributed by atoms with Crippen molar-refractivity contribution in [3.05, 3.63) is 42.7 Å². The van der Waals surface area contributed by atoms with Crippen LogP contribution in [0.1, 0.15) is 13.8 Å². The number of hydrogen-bond acceptors (Lipinski definition) is 3. The Hall–Kier alpha value is -2.14. The average molecular weight is 258 g/mol. The molecule has 1 aromatic carbocycles. The number of nitrogens with two attached hydrogens (primary N) is 1. The summed E-state index contributed by atoms with van der Waals surface area (Å²) >= 11 is 0. The standard InChI is InChI=1S/C14H18N4O/c1-10(2)13(15)14(19)17-11-4-6-12(7-5-11)18-9-3-8-16-18/h3-10,13H,15H2,1-2H3,(H,17,19). The van der Waals surface area contributed by atoms with Crippen molar-refractivity contribution in [1.29, 1.82) is 0 Å². The third-order valence-electron chi connectivity index (χ3n) is 2.92. The molecule has 1 heterocycles. The highest BCUT2D eigenvalue weighted by molar-refractivity contribution is 5.94. The molecule has 0 spiro atoms. The largest absolute Gasteiger partial charge is 0.325 e. The van der Waals surface area contributed by atoms with Gasteiger partial charge in [0.2, 0.25) is 5.91 Å². The van der Waals surface area contributed by atoms with Crippen LogP contribution in [0.15, 0.2) is 42.7 Å². The molecule has 0 aliphatic carbocycles. The fraction of sp³-hybridized carbons (Fsp3) is 0.286. The maximum absolute atomic E-state index is 11.8. The van der Waals surface area contributed by atoms with E-state index in [2.05, 4.69) is 10.4 Å². The number of hydrogen-bond donors (Lipinski definition) is 2. The van der Waals surface area contributed by atoms with Gasteiger partial charge in [0.15, 0.2) is 0 Å². The Morgan fingerprint density at radius 1 is 1.32 bits per heavy atom. The predicted molar refractivity (Wildman–Crippen MR) is 75.0 cm³/mol. The SMILES string of the molecule is CC(C)C(N)C(=O)Nc1ccc(-n2cccn2)cc1. The molecular formula is C14H18N4O. The minimum Gasteiger partial charge on any atom is -0.325 e. The third-order valence-corrected chi connectivity index (χ3v) is 2.92. The molecule has 0 radical (unpaired) electrons. The van der Waals surface area contributed by atoms with E-state index in [4.69, 9.17) is 5.73 Å². The molecule has 0 bridgehead atoms. The van der Waals surface area contributed by atoms with Crippen molar-refractivity contribution in [2.24, 2.45) is 11.7 Å². The van der Waals surface area contributed by atoms with Gasteiger partial charge in [0.25, 0.3) is 0 Å². The van der Waals surface area contributed by atoms with Crippen LogP contribution >= 0.6 is 0 Å². The van der Waals surface area contributed by atoms with E-state index >= 15 is 0 Å². The fourth-order valence-electron chi connectivity index (χ4n) is 1.65. The molecule has 1 atom stereocenters. The number of carbonyl (C=O) groups excluding carboxylic acids is 1. The summed E-state index contributed by atoms with van der Waals surface area (Å²) in [5.74, 6) is -0.0508. The number of rotatable bonds is 4. The first-order valence-electron chi connectivity index (χ1n) is 6.24. The van der Waals surface area contributed by atoms with Gasteiger partial charge in [-0.3, -0.25) is 4.79 Å². The molecule has 1 unspecified atom stereocenters. The zero-order chi connectivity index (χ0) is 13.8. The topological polar surface area (TPSA) is 72.9 Å². The molecule has 0 fully saturated rings. The lowest BCUT2D eigenvalue weighted by Gasteiger charge is -2.15. The van der Waals surface area contributed by atoms with Crippen LogP contribution in [-0.2, 0) is 4.79 Å². The second-order valence-corrected chi connectivity index (χ2v) is 4.76. The Morgan fingerprint density at radius 2 is 2.00 bits per heavy atom. The van der Waals surface area contributed by atoms with Crippen molar-refractivity contribution in [2.75, 3.05) is 5.32 Å². The maximum Gasteiger partial charge on any atom is 0.241 e. The van der Waals surface area contributed by atoms with Crippen molar-refractivity contribution in [2.45, 2.75) is 19.9 Å². The highest BCUT2D eigenvalue weighted by Gasteiger charge is 2.16. The van der Waals surface area contributed by atoms with Crippen LogP contribution in [0, 0.1) is 5.92 Å². The summed E-state index contributed by atoms with van der Waals surface area (Å²) in [6.45, 7) is 3.84. The van der Waals surface area contributed by atoms with Crippen molar-refractivity contribution in [1.82, 2.24) is 9.78 Å². The van der Waals surface area contributed by atoms with Crippen molar-refractivity contribution < 1.29 is 4.79 Å². The first-order chi connectivity index (χ1) is 9.08. The van der Waals surface area contributed by atoms with Gasteiger partial charge in [0.05, 0.1) is 11.7 Å². The van der Waals surface area contributed by atoms with E-state index in [1.54, 1.807) is 10.9 Å². The van der Waals surface area contributed by atoms with E-state index in [1.807, 2.05) is 50.4 Å².